The molecule has 0 spiro atoms. The van der Waals surface area contributed by atoms with Crippen LogP contribution in [-0.4, -0.2) is 31.0 Å². The number of hydrogen-bond donors (Lipinski definition) is 1. The molecule has 29 heavy (non-hydrogen) atoms. The highest BCUT2D eigenvalue weighted by atomic mass is 79.9. The van der Waals surface area contributed by atoms with Crippen molar-refractivity contribution < 1.29 is 13.2 Å². The molecule has 0 saturated carbocycles. The van der Waals surface area contributed by atoms with Crippen molar-refractivity contribution in [1.29, 1.82) is 0 Å². The number of aryl methyl sites for hydroxylation is 2. The lowest BCUT2D eigenvalue weighted by atomic mass is 9.96. The number of rotatable bonds is 6. The average Bonchev–Trinajstić information content (AvgIpc) is 3.04. The van der Waals surface area contributed by atoms with E-state index in [9.17, 15) is 18.0 Å². The van der Waals surface area contributed by atoms with Crippen molar-refractivity contribution in [3.8, 4) is 0 Å². The number of sulfonamides is 1. The minimum Gasteiger partial charge on any atom is -0.326 e. The molecule has 0 amide bonds. The molecule has 0 bridgehead atoms. The fourth-order valence-corrected chi connectivity index (χ4v) is 5.51. The van der Waals surface area contributed by atoms with Crippen LogP contribution in [0.2, 0.25) is 0 Å². The Hall–Kier alpha value is -1.93. The number of benzene rings is 1. The van der Waals surface area contributed by atoms with E-state index in [2.05, 4.69) is 20.9 Å². The number of aromatic nitrogens is 1. The van der Waals surface area contributed by atoms with Gasteiger partial charge in [-0.05, 0) is 69.9 Å². The van der Waals surface area contributed by atoms with E-state index >= 15 is 0 Å². The van der Waals surface area contributed by atoms with Crippen molar-refractivity contribution in [1.82, 2.24) is 4.98 Å². The zero-order valence-corrected chi connectivity index (χ0v) is 19.4. The lowest BCUT2D eigenvalue weighted by Crippen LogP contribution is -2.35. The number of pyridine rings is 1. The predicted octanol–water partition coefficient (Wildman–Crippen LogP) is 3.67. The van der Waals surface area contributed by atoms with Crippen LogP contribution in [0.15, 0.2) is 27.5 Å². The molecule has 0 saturated heterocycles. The van der Waals surface area contributed by atoms with Gasteiger partial charge in [-0.15, -0.1) is 0 Å². The van der Waals surface area contributed by atoms with Crippen LogP contribution in [-0.2, 0) is 22.9 Å². The molecule has 0 fully saturated rings. The van der Waals surface area contributed by atoms with Gasteiger partial charge in [0.15, 0.2) is 5.78 Å². The van der Waals surface area contributed by atoms with Gasteiger partial charge in [0.2, 0.25) is 10.0 Å². The molecule has 0 atom stereocenters. The summed E-state index contributed by atoms with van der Waals surface area (Å²) in [6, 6.07) is 5.40. The molecule has 8 heteroatoms. The number of anilines is 1. The van der Waals surface area contributed by atoms with Crippen molar-refractivity contribution in [2.24, 2.45) is 0 Å². The maximum atomic E-state index is 13.0. The van der Waals surface area contributed by atoms with Gasteiger partial charge in [0.1, 0.15) is 0 Å². The van der Waals surface area contributed by atoms with E-state index < -0.39 is 15.3 Å². The molecule has 2 heterocycles. The van der Waals surface area contributed by atoms with Crippen LogP contribution >= 0.6 is 15.9 Å². The van der Waals surface area contributed by atoms with E-state index in [1.807, 2.05) is 19.9 Å². The van der Waals surface area contributed by atoms with Gasteiger partial charge in [0, 0.05) is 34.3 Å². The highest BCUT2D eigenvalue weighted by molar-refractivity contribution is 9.10. The van der Waals surface area contributed by atoms with Crippen LogP contribution in [0.3, 0.4) is 0 Å². The second-order valence-corrected chi connectivity index (χ2v) is 11.1. The standard InChI is InChI=1S/C21H25BrN2O4S/c1-12(2)29(27,28)24-8-7-17-18(10-15(22)11-19(17)24)20(25)6-5-16-13(3)9-14(4)23-21(16)26/h9-12H,5-8H2,1-4H3,(H,23,26). The van der Waals surface area contributed by atoms with Crippen LogP contribution in [0, 0.1) is 13.8 Å². The number of carbonyl (C=O) groups is 1. The Kier molecular flexibility index (Phi) is 6.06. The first-order valence-electron chi connectivity index (χ1n) is 9.59. The van der Waals surface area contributed by atoms with E-state index in [1.165, 1.54) is 4.31 Å². The van der Waals surface area contributed by atoms with Crippen molar-refractivity contribution in [2.45, 2.75) is 52.2 Å². The fourth-order valence-electron chi connectivity index (χ4n) is 3.77. The molecule has 1 aliphatic heterocycles. The summed E-state index contributed by atoms with van der Waals surface area (Å²) in [5.41, 5.74) is 3.96. The minimum absolute atomic E-state index is 0.0919. The van der Waals surface area contributed by atoms with Crippen molar-refractivity contribution in [2.75, 3.05) is 10.8 Å². The second-order valence-electron chi connectivity index (χ2n) is 7.73. The van der Waals surface area contributed by atoms with Gasteiger partial charge in [0.25, 0.3) is 5.56 Å². The van der Waals surface area contributed by atoms with E-state index in [4.69, 9.17) is 0 Å². The predicted molar refractivity (Wildman–Crippen MR) is 118 cm³/mol. The number of hydrogen-bond acceptors (Lipinski definition) is 4. The van der Waals surface area contributed by atoms with Crippen LogP contribution < -0.4 is 9.86 Å². The zero-order chi connectivity index (χ0) is 21.5. The molecule has 0 radical (unpaired) electrons. The maximum absolute atomic E-state index is 13.0. The molecule has 1 aliphatic rings. The minimum atomic E-state index is -3.46. The SMILES string of the molecule is Cc1cc(C)c(CCC(=O)c2cc(Br)cc3c2CCN3S(=O)(=O)C(C)C)c(=O)[nH]1. The molecular weight excluding hydrogens is 456 g/mol. The Morgan fingerprint density at radius 2 is 1.93 bits per heavy atom. The van der Waals surface area contributed by atoms with Crippen molar-refractivity contribution in [3.63, 3.8) is 0 Å². The molecule has 1 aromatic heterocycles. The smallest absolute Gasteiger partial charge is 0.251 e. The lowest BCUT2D eigenvalue weighted by Gasteiger charge is -2.22. The average molecular weight is 481 g/mol. The van der Waals surface area contributed by atoms with Crippen LogP contribution in [0.1, 0.15) is 53.0 Å². The Bertz CT molecular complexity index is 1140. The summed E-state index contributed by atoms with van der Waals surface area (Å²) in [6.45, 7) is 7.33. The molecule has 156 valence electrons. The number of nitrogens with zero attached hydrogens (tertiary/aromatic N) is 1. The third kappa shape index (κ3) is 4.19. The summed E-state index contributed by atoms with van der Waals surface area (Å²) in [7, 11) is -3.46. The van der Waals surface area contributed by atoms with E-state index in [0.29, 0.717) is 40.7 Å². The van der Waals surface area contributed by atoms with E-state index in [-0.39, 0.29) is 17.8 Å². The summed E-state index contributed by atoms with van der Waals surface area (Å²) in [5, 5.41) is -0.539. The molecule has 0 unspecified atom stereocenters. The third-order valence-corrected chi connectivity index (χ3v) is 7.97. The molecule has 1 aromatic carbocycles. The normalized spacial score (nSPS) is 13.8. The quantitative estimate of drug-likeness (QED) is 0.638. The van der Waals surface area contributed by atoms with Crippen LogP contribution in [0.4, 0.5) is 5.69 Å². The Labute approximate surface area is 179 Å². The maximum Gasteiger partial charge on any atom is 0.251 e. The Morgan fingerprint density at radius 3 is 2.55 bits per heavy atom. The summed E-state index contributed by atoms with van der Waals surface area (Å²) in [6.07, 6.45) is 1.03. The highest BCUT2D eigenvalue weighted by Crippen LogP contribution is 2.37. The van der Waals surface area contributed by atoms with Gasteiger partial charge in [-0.25, -0.2) is 8.42 Å². The first-order valence-corrected chi connectivity index (χ1v) is 11.9. The van der Waals surface area contributed by atoms with Crippen molar-refractivity contribution in [3.05, 3.63) is 61.0 Å². The first-order chi connectivity index (χ1) is 13.5. The van der Waals surface area contributed by atoms with Crippen LogP contribution in [0.25, 0.3) is 0 Å². The lowest BCUT2D eigenvalue weighted by molar-refractivity contribution is 0.0982. The van der Waals surface area contributed by atoms with Gasteiger partial charge in [0.05, 0.1) is 10.9 Å². The van der Waals surface area contributed by atoms with E-state index in [1.54, 1.807) is 26.0 Å². The number of fused-ring (bicyclic) bond motifs is 1. The highest BCUT2D eigenvalue weighted by Gasteiger charge is 2.34. The number of aromatic amines is 1. The van der Waals surface area contributed by atoms with Crippen molar-refractivity contribution >= 4 is 37.4 Å². The molecule has 2 aromatic rings. The molecular formula is C21H25BrN2O4S. The number of Topliss-reactive ketones (excluding diaryl/α,β-unsaturated/α-hetero) is 1. The monoisotopic (exact) mass is 480 g/mol. The third-order valence-electron chi connectivity index (χ3n) is 5.32. The Morgan fingerprint density at radius 1 is 1.24 bits per heavy atom. The van der Waals surface area contributed by atoms with E-state index in [0.717, 1.165) is 16.8 Å². The summed E-state index contributed by atoms with van der Waals surface area (Å²) < 4.78 is 27.4. The number of ketones is 1. The molecule has 6 nitrogen and oxygen atoms in total. The fraction of sp³-hybridized carbons (Fsp3) is 0.429. The zero-order valence-electron chi connectivity index (χ0n) is 17.0. The topological polar surface area (TPSA) is 87.3 Å². The van der Waals surface area contributed by atoms with Gasteiger partial charge in [-0.2, -0.15) is 0 Å². The van der Waals surface area contributed by atoms with Gasteiger partial charge >= 0.3 is 0 Å². The molecule has 1 N–H and O–H groups in total. The molecule has 0 aliphatic carbocycles. The molecule has 3 rings (SSSR count). The first kappa shape index (κ1) is 21.8. The van der Waals surface area contributed by atoms with Crippen LogP contribution in [0.5, 0.6) is 0 Å². The van der Waals surface area contributed by atoms with Gasteiger partial charge < -0.3 is 4.98 Å². The number of H-pyrrole nitrogens is 1. The second kappa shape index (κ2) is 8.07. The summed E-state index contributed by atoms with van der Waals surface area (Å²) in [5.74, 6) is -0.0919. The largest absolute Gasteiger partial charge is 0.326 e. The summed E-state index contributed by atoms with van der Waals surface area (Å²) in [4.78, 5) is 28.0. The van der Waals surface area contributed by atoms with Gasteiger partial charge in [-0.3, -0.25) is 13.9 Å². The number of halogens is 1. The number of carbonyl (C=O) groups excluding carboxylic acids is 1. The summed E-state index contributed by atoms with van der Waals surface area (Å²) >= 11 is 3.41. The van der Waals surface area contributed by atoms with Gasteiger partial charge in [-0.1, -0.05) is 15.9 Å². The Balaban J connectivity index is 1.91. The number of nitrogens with one attached hydrogen (secondary N) is 1.